The van der Waals surface area contributed by atoms with Crippen molar-refractivity contribution in [3.8, 4) is 0 Å². The summed E-state index contributed by atoms with van der Waals surface area (Å²) < 4.78 is 11.9. The standard InChI is InChI=1S/C13H28O2Si/c1-10(2)12(14-11(3)4)15-16(8,9)13(5,6)7/h11H,1-9H3. The first kappa shape index (κ1) is 15.6. The second-order valence-corrected chi connectivity index (χ2v) is 11.0. The summed E-state index contributed by atoms with van der Waals surface area (Å²) in [7, 11) is -1.78. The molecule has 0 aliphatic rings. The van der Waals surface area contributed by atoms with E-state index in [9.17, 15) is 0 Å². The largest absolute Gasteiger partial charge is 0.519 e. The summed E-state index contributed by atoms with van der Waals surface area (Å²) in [6.45, 7) is 19.3. The molecule has 0 aromatic carbocycles. The zero-order valence-electron chi connectivity index (χ0n) is 12.4. The summed E-state index contributed by atoms with van der Waals surface area (Å²) >= 11 is 0. The molecule has 0 rings (SSSR count). The van der Waals surface area contributed by atoms with E-state index in [1.54, 1.807) is 0 Å². The lowest BCUT2D eigenvalue weighted by atomic mass is 10.2. The molecule has 0 aliphatic carbocycles. The van der Waals surface area contributed by atoms with Crippen LogP contribution in [0.2, 0.25) is 18.1 Å². The Hall–Kier alpha value is -0.443. The second kappa shape index (κ2) is 5.26. The van der Waals surface area contributed by atoms with Gasteiger partial charge in [-0.1, -0.05) is 20.8 Å². The smallest absolute Gasteiger partial charge is 0.264 e. The number of allylic oxidation sites excluding steroid dienone is 1. The lowest BCUT2D eigenvalue weighted by molar-refractivity contribution is 0.0535. The minimum atomic E-state index is -1.78. The Labute approximate surface area is 102 Å². The second-order valence-electron chi connectivity index (χ2n) is 6.32. The monoisotopic (exact) mass is 244 g/mol. The van der Waals surface area contributed by atoms with E-state index in [1.165, 1.54) is 0 Å². The summed E-state index contributed by atoms with van der Waals surface area (Å²) in [6, 6.07) is 0. The lowest BCUT2D eigenvalue weighted by Crippen LogP contribution is -2.41. The number of hydrogen-bond donors (Lipinski definition) is 0. The van der Waals surface area contributed by atoms with Gasteiger partial charge in [0.1, 0.15) is 0 Å². The van der Waals surface area contributed by atoms with E-state index in [0.29, 0.717) is 0 Å². The van der Waals surface area contributed by atoms with Crippen LogP contribution in [0, 0.1) is 0 Å². The van der Waals surface area contributed by atoms with Gasteiger partial charge in [0.15, 0.2) is 0 Å². The molecule has 2 nitrogen and oxygen atoms in total. The zero-order valence-corrected chi connectivity index (χ0v) is 13.4. The first-order chi connectivity index (χ1) is 6.97. The summed E-state index contributed by atoms with van der Waals surface area (Å²) in [5.74, 6) is 0.724. The fraction of sp³-hybridized carbons (Fsp3) is 0.846. The topological polar surface area (TPSA) is 18.5 Å². The van der Waals surface area contributed by atoms with Gasteiger partial charge in [-0.05, 0) is 45.8 Å². The molecule has 0 atom stereocenters. The van der Waals surface area contributed by atoms with Crippen LogP contribution >= 0.6 is 0 Å². The molecule has 0 saturated carbocycles. The van der Waals surface area contributed by atoms with Crippen molar-refractivity contribution in [2.75, 3.05) is 0 Å². The van der Waals surface area contributed by atoms with E-state index in [2.05, 4.69) is 33.9 Å². The van der Waals surface area contributed by atoms with E-state index >= 15 is 0 Å². The average Bonchev–Trinajstić information content (AvgIpc) is 1.98. The Bertz CT molecular complexity index is 256. The Morgan fingerprint density at radius 2 is 1.50 bits per heavy atom. The maximum absolute atomic E-state index is 6.17. The van der Waals surface area contributed by atoms with E-state index in [1.807, 2.05) is 27.7 Å². The van der Waals surface area contributed by atoms with E-state index < -0.39 is 8.32 Å². The van der Waals surface area contributed by atoms with Gasteiger partial charge in [0, 0.05) is 5.57 Å². The van der Waals surface area contributed by atoms with Crippen LogP contribution in [0.15, 0.2) is 11.5 Å². The molecule has 0 radical (unpaired) electrons. The molecule has 0 aromatic rings. The van der Waals surface area contributed by atoms with Crippen molar-refractivity contribution in [2.45, 2.75) is 72.7 Å². The van der Waals surface area contributed by atoms with Crippen LogP contribution in [0.1, 0.15) is 48.5 Å². The van der Waals surface area contributed by atoms with Gasteiger partial charge in [-0.25, -0.2) is 0 Å². The van der Waals surface area contributed by atoms with Crippen molar-refractivity contribution in [3.63, 3.8) is 0 Å². The third kappa shape index (κ3) is 4.60. The van der Waals surface area contributed by atoms with Crippen LogP contribution < -0.4 is 0 Å². The highest BCUT2D eigenvalue weighted by Crippen LogP contribution is 2.38. The Morgan fingerprint density at radius 1 is 1.06 bits per heavy atom. The van der Waals surface area contributed by atoms with Gasteiger partial charge >= 0.3 is 0 Å². The summed E-state index contributed by atoms with van der Waals surface area (Å²) in [5, 5.41) is 0.202. The van der Waals surface area contributed by atoms with Gasteiger partial charge < -0.3 is 9.16 Å². The van der Waals surface area contributed by atoms with Gasteiger partial charge in [-0.3, -0.25) is 0 Å². The molecule has 16 heavy (non-hydrogen) atoms. The average molecular weight is 244 g/mol. The lowest BCUT2D eigenvalue weighted by Gasteiger charge is -2.37. The van der Waals surface area contributed by atoms with Crippen molar-refractivity contribution >= 4 is 8.32 Å². The molecule has 0 saturated heterocycles. The molecule has 0 spiro atoms. The van der Waals surface area contributed by atoms with Crippen LogP contribution in [-0.4, -0.2) is 14.4 Å². The van der Waals surface area contributed by atoms with Gasteiger partial charge in [-0.15, -0.1) is 0 Å². The Morgan fingerprint density at radius 3 is 1.75 bits per heavy atom. The highest BCUT2D eigenvalue weighted by Gasteiger charge is 2.40. The Balaban J connectivity index is 4.86. The van der Waals surface area contributed by atoms with E-state index in [-0.39, 0.29) is 11.1 Å². The van der Waals surface area contributed by atoms with E-state index in [0.717, 1.165) is 11.5 Å². The maximum atomic E-state index is 6.17. The number of rotatable bonds is 4. The predicted octanol–water partition coefficient (Wildman–Crippen LogP) is 4.68. The normalized spacial score (nSPS) is 12.6. The molecule has 0 aromatic heterocycles. The molecule has 0 fully saturated rings. The predicted molar refractivity (Wildman–Crippen MR) is 72.9 cm³/mol. The SMILES string of the molecule is CC(C)=C(OC(C)C)O[Si](C)(C)C(C)(C)C. The maximum Gasteiger partial charge on any atom is 0.264 e. The van der Waals surface area contributed by atoms with Crippen LogP contribution in [0.25, 0.3) is 0 Å². The highest BCUT2D eigenvalue weighted by molar-refractivity contribution is 6.74. The van der Waals surface area contributed by atoms with Crippen molar-refractivity contribution in [1.29, 1.82) is 0 Å². The zero-order chi connectivity index (χ0) is 13.1. The highest BCUT2D eigenvalue weighted by atomic mass is 28.4. The van der Waals surface area contributed by atoms with Crippen LogP contribution in [0.4, 0.5) is 0 Å². The minimum absolute atomic E-state index is 0.162. The van der Waals surface area contributed by atoms with Gasteiger partial charge in [-0.2, -0.15) is 0 Å². The summed E-state index contributed by atoms with van der Waals surface area (Å²) in [4.78, 5) is 0. The van der Waals surface area contributed by atoms with Crippen molar-refractivity contribution in [1.82, 2.24) is 0 Å². The fourth-order valence-electron chi connectivity index (χ4n) is 0.843. The molecule has 0 amide bonds. The molecule has 0 bridgehead atoms. The Kier molecular flexibility index (Phi) is 5.11. The first-order valence-corrected chi connectivity index (χ1v) is 8.91. The molecule has 0 heterocycles. The molecule has 96 valence electrons. The van der Waals surface area contributed by atoms with Gasteiger partial charge in [0.2, 0.25) is 0 Å². The molecular weight excluding hydrogens is 216 g/mol. The summed E-state index contributed by atoms with van der Waals surface area (Å²) in [5.41, 5.74) is 1.11. The fourth-order valence-corrected chi connectivity index (χ4v) is 1.86. The van der Waals surface area contributed by atoms with Crippen molar-refractivity contribution in [3.05, 3.63) is 11.5 Å². The minimum Gasteiger partial charge on any atom is -0.519 e. The van der Waals surface area contributed by atoms with Gasteiger partial charge in [0.25, 0.3) is 14.3 Å². The third-order valence-electron chi connectivity index (χ3n) is 2.91. The van der Waals surface area contributed by atoms with Crippen LogP contribution in [0.3, 0.4) is 0 Å². The van der Waals surface area contributed by atoms with Crippen molar-refractivity contribution in [2.24, 2.45) is 0 Å². The molecule has 0 unspecified atom stereocenters. The van der Waals surface area contributed by atoms with Gasteiger partial charge in [0.05, 0.1) is 6.10 Å². The number of ether oxygens (including phenoxy) is 1. The number of hydrogen-bond acceptors (Lipinski definition) is 2. The molecular formula is C13H28O2Si. The quantitative estimate of drug-likeness (QED) is 0.528. The van der Waals surface area contributed by atoms with Crippen LogP contribution in [0.5, 0.6) is 0 Å². The first-order valence-electron chi connectivity index (χ1n) is 6.00. The van der Waals surface area contributed by atoms with E-state index in [4.69, 9.17) is 9.16 Å². The third-order valence-corrected chi connectivity index (χ3v) is 7.21. The molecule has 0 N–H and O–H groups in total. The van der Waals surface area contributed by atoms with Crippen molar-refractivity contribution < 1.29 is 9.16 Å². The molecule has 3 heteroatoms. The van der Waals surface area contributed by atoms with Crippen LogP contribution in [-0.2, 0) is 9.16 Å². The molecule has 0 aliphatic heterocycles. The summed E-state index contributed by atoms with van der Waals surface area (Å²) in [6.07, 6.45) is 0.162.